The van der Waals surface area contributed by atoms with Gasteiger partial charge >= 0.3 is 0 Å². The smallest absolute Gasteiger partial charge is 0.199 e. The monoisotopic (exact) mass is 454 g/mol. The fraction of sp³-hybridized carbons (Fsp3) is 0.192. The highest BCUT2D eigenvalue weighted by atomic mass is 16.5. The van der Waals surface area contributed by atoms with Gasteiger partial charge in [-0.2, -0.15) is 0 Å². The molecule has 0 saturated heterocycles. The predicted octanol–water partition coefficient (Wildman–Crippen LogP) is 4.30. The van der Waals surface area contributed by atoms with Crippen LogP contribution in [0.25, 0.3) is 43.4 Å². The third-order valence-electron chi connectivity index (χ3n) is 6.52. The topological polar surface area (TPSA) is 91.4 Å². The molecule has 0 atom stereocenters. The van der Waals surface area contributed by atoms with E-state index < -0.39 is 0 Å². The number of benzene rings is 3. The fourth-order valence-corrected chi connectivity index (χ4v) is 4.98. The van der Waals surface area contributed by atoms with Gasteiger partial charge in [-0.1, -0.05) is 12.1 Å². The maximum absolute atomic E-state index is 13.9. The van der Waals surface area contributed by atoms with Crippen molar-refractivity contribution in [3.05, 3.63) is 65.5 Å². The molecular formula is C26H22N4O4. The highest BCUT2D eigenvalue weighted by Gasteiger charge is 2.22. The number of aromatic hydroxyl groups is 1. The summed E-state index contributed by atoms with van der Waals surface area (Å²) in [4.78, 5) is 22.5. The van der Waals surface area contributed by atoms with E-state index in [-0.39, 0.29) is 11.3 Å². The minimum atomic E-state index is -0.0957. The second-order valence-electron chi connectivity index (χ2n) is 8.31. The van der Waals surface area contributed by atoms with E-state index in [1.54, 1.807) is 45.1 Å². The van der Waals surface area contributed by atoms with Gasteiger partial charge < -0.3 is 23.7 Å². The standard InChI is InChI=1S/C26H22N4O4/c1-33-20-11-16-17(12-21(20)34-2)26(32)30(9-4-8-29-10-7-27-14-29)24-18-13-28-19-6-3-5-15(22(18)19)25(31)23(16)24/h3,5-7,10-14,32H,4,8-9H2,1-2H3. The average Bonchev–Trinajstić information content (AvgIpc) is 3.53. The van der Waals surface area contributed by atoms with E-state index in [4.69, 9.17) is 9.47 Å². The Labute approximate surface area is 193 Å². The number of aromatic nitrogens is 4. The van der Waals surface area contributed by atoms with Gasteiger partial charge in [0.15, 0.2) is 22.8 Å². The van der Waals surface area contributed by atoms with Gasteiger partial charge in [-0.3, -0.25) is 9.78 Å². The molecule has 34 heavy (non-hydrogen) atoms. The summed E-state index contributed by atoms with van der Waals surface area (Å²) in [5.74, 6) is 1.05. The maximum Gasteiger partial charge on any atom is 0.199 e. The first-order chi connectivity index (χ1) is 16.6. The van der Waals surface area contributed by atoms with Crippen molar-refractivity contribution in [1.29, 1.82) is 0 Å². The third kappa shape index (κ3) is 2.81. The zero-order chi connectivity index (χ0) is 23.4. The van der Waals surface area contributed by atoms with Gasteiger partial charge in [0.05, 0.1) is 37.0 Å². The first kappa shape index (κ1) is 20.3. The summed E-state index contributed by atoms with van der Waals surface area (Å²) in [7, 11) is 3.10. The molecule has 0 radical (unpaired) electrons. The van der Waals surface area contributed by atoms with Gasteiger partial charge in [-0.25, -0.2) is 4.98 Å². The summed E-state index contributed by atoms with van der Waals surface area (Å²) in [6, 6.07) is 9.08. The summed E-state index contributed by atoms with van der Waals surface area (Å²) in [6.45, 7) is 1.23. The van der Waals surface area contributed by atoms with E-state index in [1.807, 2.05) is 33.5 Å². The van der Waals surface area contributed by atoms with Crippen LogP contribution >= 0.6 is 0 Å². The molecule has 0 unspecified atom stereocenters. The highest BCUT2D eigenvalue weighted by Crippen LogP contribution is 2.42. The Balaban J connectivity index is 1.73. The number of hydrogen-bond donors (Lipinski definition) is 1. The predicted molar refractivity (Wildman–Crippen MR) is 131 cm³/mol. The van der Waals surface area contributed by atoms with Crippen LogP contribution in [0.2, 0.25) is 0 Å². The Hall–Kier alpha value is -4.33. The Morgan fingerprint density at radius 1 is 0.971 bits per heavy atom. The largest absolute Gasteiger partial charge is 0.494 e. The summed E-state index contributed by atoms with van der Waals surface area (Å²) in [6.07, 6.45) is 7.93. The molecule has 6 aromatic rings. The number of methoxy groups -OCH3 is 2. The van der Waals surface area contributed by atoms with Crippen molar-refractivity contribution in [2.24, 2.45) is 0 Å². The van der Waals surface area contributed by atoms with Crippen LogP contribution in [0, 0.1) is 0 Å². The minimum Gasteiger partial charge on any atom is -0.494 e. The lowest BCUT2D eigenvalue weighted by atomic mass is 9.97. The number of nitrogens with zero attached hydrogens (tertiary/aromatic N) is 4. The molecule has 8 nitrogen and oxygen atoms in total. The minimum absolute atomic E-state index is 0.0712. The molecule has 0 saturated carbocycles. The molecule has 0 spiro atoms. The van der Waals surface area contributed by atoms with Crippen molar-refractivity contribution >= 4 is 43.4 Å². The zero-order valence-electron chi connectivity index (χ0n) is 18.8. The van der Waals surface area contributed by atoms with Gasteiger partial charge in [0.1, 0.15) is 0 Å². The van der Waals surface area contributed by atoms with Crippen LogP contribution in [0.4, 0.5) is 0 Å². The molecule has 3 aromatic heterocycles. The summed E-state index contributed by atoms with van der Waals surface area (Å²) >= 11 is 0. The van der Waals surface area contributed by atoms with Crippen molar-refractivity contribution in [2.45, 2.75) is 19.5 Å². The number of ether oxygens (including phenoxy) is 2. The highest BCUT2D eigenvalue weighted by molar-refractivity contribution is 6.25. The van der Waals surface area contributed by atoms with Crippen LogP contribution in [0.15, 0.2) is 60.0 Å². The average molecular weight is 454 g/mol. The Morgan fingerprint density at radius 3 is 2.50 bits per heavy atom. The van der Waals surface area contributed by atoms with E-state index in [0.29, 0.717) is 45.1 Å². The molecule has 3 heterocycles. The summed E-state index contributed by atoms with van der Waals surface area (Å²) < 4.78 is 14.8. The molecule has 0 aliphatic heterocycles. The van der Waals surface area contributed by atoms with E-state index >= 15 is 0 Å². The Kier molecular flexibility index (Phi) is 4.55. The quantitative estimate of drug-likeness (QED) is 0.298. The number of hydrogen-bond acceptors (Lipinski definition) is 6. The lowest BCUT2D eigenvalue weighted by Crippen LogP contribution is -2.11. The number of rotatable bonds is 6. The molecule has 0 aliphatic carbocycles. The number of pyridine rings is 1. The lowest BCUT2D eigenvalue weighted by Gasteiger charge is -2.19. The van der Waals surface area contributed by atoms with Crippen molar-refractivity contribution in [3.8, 4) is 17.4 Å². The molecule has 0 fully saturated rings. The van der Waals surface area contributed by atoms with E-state index in [1.165, 1.54) is 0 Å². The Bertz CT molecular complexity index is 1740. The zero-order valence-corrected chi connectivity index (χ0v) is 18.8. The molecular weight excluding hydrogens is 432 g/mol. The van der Waals surface area contributed by atoms with Gasteiger partial charge in [-0.05, 0) is 24.6 Å². The Morgan fingerprint density at radius 2 is 1.76 bits per heavy atom. The SMILES string of the molecule is COc1cc2c(O)n(CCCn3ccnc3)c3c4cnc5cccc(c(=O)c3c2cc1OC)c54. The van der Waals surface area contributed by atoms with Gasteiger partial charge in [0, 0.05) is 58.6 Å². The van der Waals surface area contributed by atoms with Crippen molar-refractivity contribution < 1.29 is 14.6 Å². The number of aryl methyl sites for hydroxylation is 2. The summed E-state index contributed by atoms with van der Waals surface area (Å²) in [5.41, 5.74) is 1.35. The van der Waals surface area contributed by atoms with Gasteiger partial charge in [0.25, 0.3) is 0 Å². The molecule has 6 rings (SSSR count). The molecule has 0 amide bonds. The second-order valence-corrected chi connectivity index (χ2v) is 8.31. The van der Waals surface area contributed by atoms with Crippen LogP contribution in [-0.2, 0) is 13.1 Å². The van der Waals surface area contributed by atoms with Gasteiger partial charge in [0.2, 0.25) is 0 Å². The third-order valence-corrected chi connectivity index (χ3v) is 6.52. The molecule has 1 N–H and O–H groups in total. The normalized spacial score (nSPS) is 11.8. The molecule has 8 heteroatoms. The summed E-state index contributed by atoms with van der Waals surface area (Å²) in [5, 5.41) is 15.4. The van der Waals surface area contributed by atoms with Crippen LogP contribution in [0.3, 0.4) is 0 Å². The van der Waals surface area contributed by atoms with Gasteiger partial charge in [-0.15, -0.1) is 0 Å². The number of imidazole rings is 1. The van der Waals surface area contributed by atoms with Crippen molar-refractivity contribution in [3.63, 3.8) is 0 Å². The van der Waals surface area contributed by atoms with Crippen LogP contribution in [0.5, 0.6) is 17.4 Å². The maximum atomic E-state index is 13.9. The second kappa shape index (κ2) is 7.62. The first-order valence-corrected chi connectivity index (χ1v) is 11.0. The first-order valence-electron chi connectivity index (χ1n) is 11.0. The van der Waals surface area contributed by atoms with E-state index in [9.17, 15) is 9.90 Å². The number of fused-ring (bicyclic) bond motifs is 4. The molecule has 3 aromatic carbocycles. The molecule has 0 aliphatic rings. The van der Waals surface area contributed by atoms with Crippen LogP contribution in [0.1, 0.15) is 6.42 Å². The lowest BCUT2D eigenvalue weighted by molar-refractivity contribution is 0.355. The van der Waals surface area contributed by atoms with E-state index in [0.717, 1.165) is 29.3 Å². The molecule has 170 valence electrons. The fourth-order valence-electron chi connectivity index (χ4n) is 4.98. The van der Waals surface area contributed by atoms with Crippen molar-refractivity contribution in [1.82, 2.24) is 19.1 Å². The van der Waals surface area contributed by atoms with Crippen LogP contribution in [-0.4, -0.2) is 38.4 Å². The van der Waals surface area contributed by atoms with E-state index in [2.05, 4.69) is 9.97 Å². The van der Waals surface area contributed by atoms with Crippen LogP contribution < -0.4 is 14.9 Å². The van der Waals surface area contributed by atoms with Crippen molar-refractivity contribution in [2.75, 3.05) is 14.2 Å². The molecule has 0 bridgehead atoms.